The second-order valence-corrected chi connectivity index (χ2v) is 7.89. The van der Waals surface area contributed by atoms with E-state index in [1.165, 1.54) is 0 Å². The number of aliphatic hydroxyl groups excluding tert-OH is 1. The molecule has 1 fully saturated rings. The summed E-state index contributed by atoms with van der Waals surface area (Å²) < 4.78 is 18.2. The highest BCUT2D eigenvalue weighted by atomic mass is 16.7. The molecule has 0 bridgehead atoms. The van der Waals surface area contributed by atoms with Gasteiger partial charge in [-0.05, 0) is 31.9 Å². The summed E-state index contributed by atoms with van der Waals surface area (Å²) in [5.41, 5.74) is 2.86. The number of hydrogen-bond donors (Lipinski definition) is 1. The van der Waals surface area contributed by atoms with E-state index in [0.717, 1.165) is 22.6 Å². The molecular formula is C26H29NO4. The lowest BCUT2D eigenvalue weighted by atomic mass is 10.0. The standard InChI is InChI=1S/C26H29NO4/c1-20(28)10-8-9-16-26(29-18-19-30-26)17-15-23-24(21-11-4-2-5-12-21)31-25(27-23)22-13-6-3-7-14-22/h2-9,11-14,20,28H,10,15-19H2,1H3/b9-8+. The van der Waals surface area contributed by atoms with Crippen molar-refractivity contribution < 1.29 is 19.0 Å². The highest BCUT2D eigenvalue weighted by Gasteiger charge is 2.35. The molecule has 2 heterocycles. The number of aliphatic hydroxyl groups is 1. The van der Waals surface area contributed by atoms with Gasteiger partial charge in [0.25, 0.3) is 0 Å². The predicted molar refractivity (Wildman–Crippen MR) is 120 cm³/mol. The summed E-state index contributed by atoms with van der Waals surface area (Å²) in [5, 5.41) is 9.46. The van der Waals surface area contributed by atoms with E-state index in [-0.39, 0.29) is 6.10 Å². The molecule has 5 heteroatoms. The summed E-state index contributed by atoms with van der Waals surface area (Å²) in [5.74, 6) is 0.750. The first kappa shape index (κ1) is 21.5. The number of oxazole rings is 1. The Kier molecular flexibility index (Phi) is 6.97. The molecule has 5 nitrogen and oxygen atoms in total. The number of benzene rings is 2. The maximum atomic E-state index is 9.46. The van der Waals surface area contributed by atoms with E-state index in [1.54, 1.807) is 6.92 Å². The summed E-state index contributed by atoms with van der Waals surface area (Å²) in [4.78, 5) is 4.84. The second-order valence-electron chi connectivity index (χ2n) is 7.89. The van der Waals surface area contributed by atoms with Gasteiger partial charge in [0.15, 0.2) is 11.5 Å². The molecule has 1 atom stereocenters. The fourth-order valence-electron chi connectivity index (χ4n) is 3.77. The molecule has 31 heavy (non-hydrogen) atoms. The average Bonchev–Trinajstić information content (AvgIpc) is 3.44. The van der Waals surface area contributed by atoms with Crippen molar-refractivity contribution in [2.75, 3.05) is 13.2 Å². The molecule has 1 aliphatic heterocycles. The average molecular weight is 420 g/mol. The fourth-order valence-corrected chi connectivity index (χ4v) is 3.77. The maximum absolute atomic E-state index is 9.46. The van der Waals surface area contributed by atoms with Crippen LogP contribution in [-0.4, -0.2) is 35.2 Å². The molecule has 0 saturated carbocycles. The highest BCUT2D eigenvalue weighted by Crippen LogP contribution is 2.34. The molecule has 1 N–H and O–H groups in total. The van der Waals surface area contributed by atoms with Gasteiger partial charge in [-0.2, -0.15) is 0 Å². The minimum atomic E-state index is -0.658. The van der Waals surface area contributed by atoms with Crippen molar-refractivity contribution in [2.45, 2.75) is 44.5 Å². The van der Waals surface area contributed by atoms with Crippen LogP contribution in [0.5, 0.6) is 0 Å². The molecule has 1 aromatic heterocycles. The lowest BCUT2D eigenvalue weighted by molar-refractivity contribution is -0.158. The zero-order valence-corrected chi connectivity index (χ0v) is 17.9. The predicted octanol–water partition coefficient (Wildman–Crippen LogP) is 5.40. The van der Waals surface area contributed by atoms with E-state index in [1.807, 2.05) is 72.8 Å². The fraction of sp³-hybridized carbons (Fsp3) is 0.346. The Morgan fingerprint density at radius 1 is 0.968 bits per heavy atom. The summed E-state index contributed by atoms with van der Waals surface area (Å²) in [6.07, 6.45) is 6.28. The molecular weight excluding hydrogens is 390 g/mol. The second kappa shape index (κ2) is 10.1. The van der Waals surface area contributed by atoms with Crippen molar-refractivity contribution in [2.24, 2.45) is 0 Å². The van der Waals surface area contributed by atoms with Crippen LogP contribution < -0.4 is 0 Å². The van der Waals surface area contributed by atoms with Crippen molar-refractivity contribution in [1.82, 2.24) is 4.98 Å². The first-order valence-corrected chi connectivity index (χ1v) is 10.9. The smallest absolute Gasteiger partial charge is 0.227 e. The van der Waals surface area contributed by atoms with Crippen LogP contribution in [0.3, 0.4) is 0 Å². The molecule has 0 radical (unpaired) electrons. The number of aryl methyl sites for hydroxylation is 1. The lowest BCUT2D eigenvalue weighted by Gasteiger charge is -2.26. The number of ether oxygens (including phenoxy) is 2. The van der Waals surface area contributed by atoms with Gasteiger partial charge in [0.1, 0.15) is 0 Å². The van der Waals surface area contributed by atoms with Gasteiger partial charge in [-0.1, -0.05) is 60.7 Å². The number of aromatic nitrogens is 1. The van der Waals surface area contributed by atoms with Gasteiger partial charge in [0.05, 0.1) is 25.0 Å². The number of nitrogens with zero attached hydrogens (tertiary/aromatic N) is 1. The molecule has 0 aliphatic carbocycles. The van der Waals surface area contributed by atoms with Crippen molar-refractivity contribution in [1.29, 1.82) is 0 Å². The monoisotopic (exact) mass is 419 g/mol. The first-order chi connectivity index (χ1) is 15.2. The van der Waals surface area contributed by atoms with Crippen LogP contribution >= 0.6 is 0 Å². The molecule has 0 amide bonds. The molecule has 1 unspecified atom stereocenters. The third-order valence-corrected chi connectivity index (χ3v) is 5.38. The van der Waals surface area contributed by atoms with Crippen molar-refractivity contribution in [3.05, 3.63) is 78.5 Å². The molecule has 1 saturated heterocycles. The zero-order chi connectivity index (χ0) is 21.5. The Labute approximate surface area is 183 Å². The van der Waals surface area contributed by atoms with E-state index < -0.39 is 5.79 Å². The quantitative estimate of drug-likeness (QED) is 0.470. The van der Waals surface area contributed by atoms with Gasteiger partial charge >= 0.3 is 0 Å². The Balaban J connectivity index is 1.56. The van der Waals surface area contributed by atoms with Crippen molar-refractivity contribution >= 4 is 0 Å². The lowest BCUT2D eigenvalue weighted by Crippen LogP contribution is -2.30. The van der Waals surface area contributed by atoms with Crippen LogP contribution in [0.25, 0.3) is 22.8 Å². The zero-order valence-electron chi connectivity index (χ0n) is 17.9. The van der Waals surface area contributed by atoms with Gasteiger partial charge in [0, 0.05) is 24.0 Å². The van der Waals surface area contributed by atoms with Gasteiger partial charge in [0.2, 0.25) is 5.89 Å². The third-order valence-electron chi connectivity index (χ3n) is 5.38. The van der Waals surface area contributed by atoms with Crippen LogP contribution in [0.1, 0.15) is 31.9 Å². The van der Waals surface area contributed by atoms with Gasteiger partial charge in [-0.15, -0.1) is 0 Å². The molecule has 162 valence electrons. The summed E-state index contributed by atoms with van der Waals surface area (Å²) in [6, 6.07) is 20.0. The Morgan fingerprint density at radius 3 is 2.26 bits per heavy atom. The normalized spacial score (nSPS) is 16.7. The summed E-state index contributed by atoms with van der Waals surface area (Å²) in [7, 11) is 0. The largest absolute Gasteiger partial charge is 0.436 e. The molecule has 4 rings (SSSR count). The van der Waals surface area contributed by atoms with Gasteiger partial charge in [-0.3, -0.25) is 0 Å². The SMILES string of the molecule is CC(O)C/C=C/CC1(CCc2nc(-c3ccccc3)oc2-c2ccccc2)OCCO1. The van der Waals surface area contributed by atoms with Crippen LogP contribution in [0.15, 0.2) is 77.2 Å². The van der Waals surface area contributed by atoms with E-state index in [4.69, 9.17) is 18.9 Å². The Morgan fingerprint density at radius 2 is 1.61 bits per heavy atom. The maximum Gasteiger partial charge on any atom is 0.227 e. The number of hydrogen-bond acceptors (Lipinski definition) is 5. The molecule has 1 aliphatic rings. The van der Waals surface area contributed by atoms with Crippen LogP contribution in [0.4, 0.5) is 0 Å². The van der Waals surface area contributed by atoms with E-state index in [2.05, 4.69) is 0 Å². The number of rotatable bonds is 9. The minimum Gasteiger partial charge on any atom is -0.436 e. The minimum absolute atomic E-state index is 0.349. The van der Waals surface area contributed by atoms with E-state index in [9.17, 15) is 5.11 Å². The van der Waals surface area contributed by atoms with Crippen molar-refractivity contribution in [3.8, 4) is 22.8 Å². The molecule has 3 aromatic rings. The van der Waals surface area contributed by atoms with E-state index in [0.29, 0.717) is 44.8 Å². The summed E-state index contributed by atoms with van der Waals surface area (Å²) in [6.45, 7) is 2.95. The highest BCUT2D eigenvalue weighted by molar-refractivity contribution is 5.64. The van der Waals surface area contributed by atoms with Crippen LogP contribution in [-0.2, 0) is 15.9 Å². The van der Waals surface area contributed by atoms with Crippen LogP contribution in [0, 0.1) is 0 Å². The van der Waals surface area contributed by atoms with E-state index >= 15 is 0 Å². The first-order valence-electron chi connectivity index (χ1n) is 10.9. The molecule has 0 spiro atoms. The van der Waals surface area contributed by atoms with Gasteiger partial charge in [-0.25, -0.2) is 4.98 Å². The van der Waals surface area contributed by atoms with Gasteiger partial charge < -0.3 is 19.0 Å². The molecule has 2 aromatic carbocycles. The van der Waals surface area contributed by atoms with Crippen LogP contribution in [0.2, 0.25) is 0 Å². The van der Waals surface area contributed by atoms with Crippen molar-refractivity contribution in [3.63, 3.8) is 0 Å². The topological polar surface area (TPSA) is 64.7 Å². The summed E-state index contributed by atoms with van der Waals surface area (Å²) >= 11 is 0. The Hall–Kier alpha value is -2.73. The Bertz CT molecular complexity index is 973. The third kappa shape index (κ3) is 5.50.